The van der Waals surface area contributed by atoms with Crippen molar-refractivity contribution in [1.29, 1.82) is 0 Å². The van der Waals surface area contributed by atoms with Gasteiger partial charge in [0.1, 0.15) is 0 Å². The van der Waals surface area contributed by atoms with Crippen LogP contribution in [0.3, 0.4) is 0 Å². The van der Waals surface area contributed by atoms with Crippen molar-refractivity contribution < 1.29 is 19.5 Å². The smallest absolute Gasteiger partial charge is 0.306 e. The lowest BCUT2D eigenvalue weighted by atomic mass is 9.81. The summed E-state index contributed by atoms with van der Waals surface area (Å²) in [6.07, 6.45) is 2.12. The molecule has 118 valence electrons. The molecule has 0 spiro atoms. The van der Waals surface area contributed by atoms with Crippen LogP contribution in [-0.4, -0.2) is 22.9 Å². The summed E-state index contributed by atoms with van der Waals surface area (Å²) >= 11 is 5.93. The van der Waals surface area contributed by atoms with Crippen LogP contribution in [0.15, 0.2) is 18.2 Å². The fourth-order valence-corrected chi connectivity index (χ4v) is 2.91. The zero-order valence-electron chi connectivity index (χ0n) is 11.8. The molecule has 1 saturated carbocycles. The van der Waals surface area contributed by atoms with Gasteiger partial charge in [-0.25, -0.2) is 0 Å². The normalized spacial score (nSPS) is 21.1. The minimum absolute atomic E-state index is 0.160. The first-order valence-corrected chi connectivity index (χ1v) is 7.39. The zero-order chi connectivity index (χ0) is 16.3. The molecule has 1 aromatic rings. The number of halogens is 1. The molecule has 0 atom stereocenters. The van der Waals surface area contributed by atoms with Crippen molar-refractivity contribution in [2.45, 2.75) is 25.7 Å². The van der Waals surface area contributed by atoms with Gasteiger partial charge < -0.3 is 16.2 Å². The summed E-state index contributed by atoms with van der Waals surface area (Å²) in [5.74, 6) is -2.15. The fraction of sp³-hybridized carbons (Fsp3) is 0.400. The number of carbonyl (C=O) groups is 3. The highest BCUT2D eigenvalue weighted by Gasteiger charge is 2.29. The number of nitrogens with two attached hydrogens (primary N) is 1. The van der Waals surface area contributed by atoms with Gasteiger partial charge in [-0.2, -0.15) is 0 Å². The van der Waals surface area contributed by atoms with Gasteiger partial charge in [0.05, 0.1) is 16.5 Å². The first-order valence-electron chi connectivity index (χ1n) is 7.01. The fourth-order valence-electron chi connectivity index (χ4n) is 2.64. The van der Waals surface area contributed by atoms with Crippen molar-refractivity contribution >= 4 is 35.1 Å². The summed E-state index contributed by atoms with van der Waals surface area (Å²) in [5.41, 5.74) is 5.84. The Hall–Kier alpha value is -2.08. The van der Waals surface area contributed by atoms with Crippen LogP contribution < -0.4 is 11.1 Å². The summed E-state index contributed by atoms with van der Waals surface area (Å²) in [4.78, 5) is 34.2. The van der Waals surface area contributed by atoms with E-state index >= 15 is 0 Å². The van der Waals surface area contributed by atoms with Crippen LogP contribution >= 0.6 is 11.6 Å². The highest BCUT2D eigenvalue weighted by molar-refractivity contribution is 6.34. The highest BCUT2D eigenvalue weighted by Crippen LogP contribution is 2.30. The van der Waals surface area contributed by atoms with Gasteiger partial charge in [0, 0.05) is 11.6 Å². The Balaban J connectivity index is 1.97. The number of rotatable bonds is 4. The quantitative estimate of drug-likeness (QED) is 0.789. The Labute approximate surface area is 132 Å². The van der Waals surface area contributed by atoms with Crippen LogP contribution in [0.25, 0.3) is 0 Å². The molecule has 2 rings (SSSR count). The van der Waals surface area contributed by atoms with E-state index in [1.165, 1.54) is 12.1 Å². The van der Waals surface area contributed by atoms with Crippen molar-refractivity contribution in [1.82, 2.24) is 0 Å². The number of aliphatic carboxylic acids is 1. The Morgan fingerprint density at radius 2 is 1.73 bits per heavy atom. The molecule has 0 saturated heterocycles. The third-order valence-corrected chi connectivity index (χ3v) is 4.26. The molecule has 1 aliphatic carbocycles. The number of carboxylic acid groups (broad SMARTS) is 1. The number of carboxylic acids is 1. The topological polar surface area (TPSA) is 109 Å². The number of carbonyl (C=O) groups excluding carboxylic acids is 2. The van der Waals surface area contributed by atoms with Crippen LogP contribution in [0.2, 0.25) is 5.02 Å². The molecule has 7 heteroatoms. The molecule has 0 aliphatic heterocycles. The molecule has 4 N–H and O–H groups in total. The summed E-state index contributed by atoms with van der Waals surface area (Å²) in [6.45, 7) is 0. The van der Waals surface area contributed by atoms with E-state index in [2.05, 4.69) is 5.32 Å². The summed E-state index contributed by atoms with van der Waals surface area (Å²) in [5, 5.41) is 11.9. The SMILES string of the molecule is NC(=O)c1ccc(NC(=O)C2CCC(C(=O)O)CC2)cc1Cl. The summed E-state index contributed by atoms with van der Waals surface area (Å²) in [6, 6.07) is 4.50. The van der Waals surface area contributed by atoms with Crippen molar-refractivity contribution in [2.24, 2.45) is 17.6 Å². The van der Waals surface area contributed by atoms with E-state index < -0.39 is 11.9 Å². The molecule has 1 aromatic carbocycles. The average molecular weight is 325 g/mol. The molecular weight excluding hydrogens is 308 g/mol. The first kappa shape index (κ1) is 16.3. The van der Waals surface area contributed by atoms with Gasteiger partial charge in [-0.05, 0) is 43.9 Å². The molecular formula is C15H17ClN2O4. The minimum Gasteiger partial charge on any atom is -0.481 e. The molecule has 0 heterocycles. The van der Waals surface area contributed by atoms with Crippen LogP contribution in [-0.2, 0) is 9.59 Å². The predicted octanol–water partition coefficient (Wildman–Crippen LogP) is 2.27. The number of hydrogen-bond acceptors (Lipinski definition) is 3. The van der Waals surface area contributed by atoms with E-state index in [4.69, 9.17) is 22.4 Å². The lowest BCUT2D eigenvalue weighted by Gasteiger charge is -2.25. The molecule has 1 aliphatic rings. The molecule has 0 aromatic heterocycles. The number of nitrogens with one attached hydrogen (secondary N) is 1. The van der Waals surface area contributed by atoms with E-state index in [0.717, 1.165) is 0 Å². The van der Waals surface area contributed by atoms with E-state index in [1.54, 1.807) is 6.07 Å². The summed E-state index contributed by atoms with van der Waals surface area (Å²) in [7, 11) is 0. The minimum atomic E-state index is -0.798. The maximum Gasteiger partial charge on any atom is 0.306 e. The number of anilines is 1. The van der Waals surface area contributed by atoms with Crippen LogP contribution in [0.4, 0.5) is 5.69 Å². The Morgan fingerprint density at radius 1 is 1.14 bits per heavy atom. The van der Waals surface area contributed by atoms with Crippen molar-refractivity contribution in [3.63, 3.8) is 0 Å². The van der Waals surface area contributed by atoms with Gasteiger partial charge in [0.2, 0.25) is 11.8 Å². The van der Waals surface area contributed by atoms with Crippen molar-refractivity contribution in [3.05, 3.63) is 28.8 Å². The standard InChI is InChI=1S/C15H17ClN2O4/c16-12-7-10(5-6-11(12)13(17)19)18-14(20)8-1-3-9(4-2-8)15(21)22/h5-9H,1-4H2,(H2,17,19)(H,18,20)(H,21,22). The zero-order valence-corrected chi connectivity index (χ0v) is 12.6. The van der Waals surface area contributed by atoms with Gasteiger partial charge in [-0.1, -0.05) is 11.6 Å². The highest BCUT2D eigenvalue weighted by atomic mass is 35.5. The van der Waals surface area contributed by atoms with E-state index in [1.807, 2.05) is 0 Å². The second kappa shape index (κ2) is 6.79. The largest absolute Gasteiger partial charge is 0.481 e. The number of benzene rings is 1. The van der Waals surface area contributed by atoms with Gasteiger partial charge in [-0.15, -0.1) is 0 Å². The van der Waals surface area contributed by atoms with Gasteiger partial charge in [0.25, 0.3) is 0 Å². The number of amides is 2. The van der Waals surface area contributed by atoms with Crippen LogP contribution in [0.1, 0.15) is 36.0 Å². The first-order chi connectivity index (χ1) is 10.4. The molecule has 0 unspecified atom stereocenters. The molecule has 6 nitrogen and oxygen atoms in total. The molecule has 0 bridgehead atoms. The number of primary amides is 1. The van der Waals surface area contributed by atoms with Crippen molar-refractivity contribution in [2.75, 3.05) is 5.32 Å². The average Bonchev–Trinajstić information content (AvgIpc) is 2.47. The van der Waals surface area contributed by atoms with E-state index in [0.29, 0.717) is 31.4 Å². The molecule has 2 amide bonds. The third-order valence-electron chi connectivity index (χ3n) is 3.95. The van der Waals surface area contributed by atoms with Gasteiger partial charge >= 0.3 is 5.97 Å². The molecule has 0 radical (unpaired) electrons. The molecule has 22 heavy (non-hydrogen) atoms. The second-order valence-corrected chi connectivity index (χ2v) is 5.84. The lowest BCUT2D eigenvalue weighted by molar-refractivity contribution is -0.143. The maximum absolute atomic E-state index is 12.2. The Bertz CT molecular complexity index is 610. The maximum atomic E-state index is 12.2. The molecule has 1 fully saturated rings. The van der Waals surface area contributed by atoms with Crippen LogP contribution in [0.5, 0.6) is 0 Å². The van der Waals surface area contributed by atoms with E-state index in [-0.39, 0.29) is 28.3 Å². The van der Waals surface area contributed by atoms with Crippen LogP contribution in [0, 0.1) is 11.8 Å². The Morgan fingerprint density at radius 3 is 2.23 bits per heavy atom. The second-order valence-electron chi connectivity index (χ2n) is 5.43. The lowest BCUT2D eigenvalue weighted by Crippen LogP contribution is -2.29. The third kappa shape index (κ3) is 3.76. The Kier molecular flexibility index (Phi) is 5.03. The van der Waals surface area contributed by atoms with Crippen molar-refractivity contribution in [3.8, 4) is 0 Å². The number of hydrogen-bond donors (Lipinski definition) is 3. The monoisotopic (exact) mass is 324 g/mol. The van der Waals surface area contributed by atoms with Gasteiger partial charge in [0.15, 0.2) is 0 Å². The van der Waals surface area contributed by atoms with Gasteiger partial charge in [-0.3, -0.25) is 14.4 Å². The van der Waals surface area contributed by atoms with E-state index in [9.17, 15) is 14.4 Å². The summed E-state index contributed by atoms with van der Waals surface area (Å²) < 4.78 is 0. The predicted molar refractivity (Wildman–Crippen MR) is 81.7 cm³/mol.